The zero-order valence-corrected chi connectivity index (χ0v) is 17.9. The van der Waals surface area contributed by atoms with Crippen LogP contribution in [0.1, 0.15) is 13.3 Å². The minimum absolute atomic E-state index is 0. The molecule has 1 atom stereocenters. The Hall–Kier alpha value is -0.650. The van der Waals surface area contributed by atoms with E-state index in [0.29, 0.717) is 32.3 Å². The summed E-state index contributed by atoms with van der Waals surface area (Å²) in [4.78, 5) is 18.4. The molecule has 1 fully saturated rings. The summed E-state index contributed by atoms with van der Waals surface area (Å²) in [5.41, 5.74) is 0. The molecule has 25 heavy (non-hydrogen) atoms. The number of halogens is 1. The molecule has 1 heterocycles. The first-order valence-electron chi connectivity index (χ1n) is 8.56. The van der Waals surface area contributed by atoms with Crippen LogP contribution in [-0.2, 0) is 19.0 Å². The van der Waals surface area contributed by atoms with Crippen molar-refractivity contribution in [1.82, 2.24) is 15.5 Å². The highest BCUT2D eigenvalue weighted by Crippen LogP contribution is 2.16. The van der Waals surface area contributed by atoms with Crippen LogP contribution in [0.5, 0.6) is 0 Å². The van der Waals surface area contributed by atoms with Gasteiger partial charge in [-0.25, -0.2) is 4.99 Å². The van der Waals surface area contributed by atoms with Gasteiger partial charge in [-0.05, 0) is 13.3 Å². The Kier molecular flexibility index (Phi) is 15.2. The first kappa shape index (κ1) is 24.4. The number of carbonyl (C=O) groups is 1. The van der Waals surface area contributed by atoms with Crippen molar-refractivity contribution in [1.29, 1.82) is 0 Å². The average Bonchev–Trinajstić information content (AvgIpc) is 3.04. The molecule has 0 spiro atoms. The highest BCUT2D eigenvalue weighted by Gasteiger charge is 2.25. The number of nitrogens with one attached hydrogen (secondary N) is 2. The minimum atomic E-state index is -0.0962. The summed E-state index contributed by atoms with van der Waals surface area (Å²) in [6.07, 6.45) is 1.07. The SMILES string of the molecule is CCNC(=NCC(=O)NCCOC)N1CCC(COCCOC)C1.I. The number of aliphatic imine (C=N–C) groups is 1. The Bertz CT molecular complexity index is 385. The highest BCUT2D eigenvalue weighted by atomic mass is 127. The van der Waals surface area contributed by atoms with E-state index in [0.717, 1.165) is 38.6 Å². The topological polar surface area (TPSA) is 84.4 Å². The van der Waals surface area contributed by atoms with E-state index < -0.39 is 0 Å². The molecule has 1 rings (SSSR count). The number of rotatable bonds is 11. The third-order valence-corrected chi connectivity index (χ3v) is 3.71. The van der Waals surface area contributed by atoms with Gasteiger partial charge in [0.05, 0.1) is 26.4 Å². The fraction of sp³-hybridized carbons (Fsp3) is 0.875. The second-order valence-corrected chi connectivity index (χ2v) is 5.68. The Labute approximate surface area is 168 Å². The summed E-state index contributed by atoms with van der Waals surface area (Å²) in [5.74, 6) is 1.18. The van der Waals surface area contributed by atoms with Gasteiger partial charge in [0.2, 0.25) is 5.91 Å². The number of ether oxygens (including phenoxy) is 3. The van der Waals surface area contributed by atoms with E-state index in [4.69, 9.17) is 14.2 Å². The summed E-state index contributed by atoms with van der Waals surface area (Å²) < 4.78 is 15.5. The lowest BCUT2D eigenvalue weighted by Crippen LogP contribution is -2.41. The first-order chi connectivity index (χ1) is 11.7. The second-order valence-electron chi connectivity index (χ2n) is 5.68. The van der Waals surface area contributed by atoms with Crippen LogP contribution in [0.3, 0.4) is 0 Å². The van der Waals surface area contributed by atoms with Gasteiger partial charge in [-0.1, -0.05) is 0 Å². The van der Waals surface area contributed by atoms with Crippen molar-refractivity contribution in [3.8, 4) is 0 Å². The van der Waals surface area contributed by atoms with Gasteiger partial charge in [-0.2, -0.15) is 0 Å². The molecule has 0 aromatic heterocycles. The number of likely N-dealkylation sites (tertiary alicyclic amines) is 1. The average molecular weight is 472 g/mol. The summed E-state index contributed by atoms with van der Waals surface area (Å²) in [6.45, 7) is 7.74. The monoisotopic (exact) mass is 472 g/mol. The number of nitrogens with zero attached hydrogens (tertiary/aromatic N) is 2. The van der Waals surface area contributed by atoms with Gasteiger partial charge in [0.1, 0.15) is 6.54 Å². The molecule has 0 saturated carbocycles. The van der Waals surface area contributed by atoms with Crippen molar-refractivity contribution in [2.45, 2.75) is 13.3 Å². The van der Waals surface area contributed by atoms with E-state index in [-0.39, 0.29) is 36.4 Å². The van der Waals surface area contributed by atoms with Gasteiger partial charge < -0.3 is 29.7 Å². The smallest absolute Gasteiger partial charge is 0.241 e. The largest absolute Gasteiger partial charge is 0.383 e. The van der Waals surface area contributed by atoms with E-state index >= 15 is 0 Å². The van der Waals surface area contributed by atoms with Gasteiger partial charge in [0.25, 0.3) is 0 Å². The Morgan fingerprint density at radius 2 is 1.96 bits per heavy atom. The summed E-state index contributed by atoms with van der Waals surface area (Å²) in [5, 5.41) is 6.03. The fourth-order valence-electron chi connectivity index (χ4n) is 2.47. The predicted molar refractivity (Wildman–Crippen MR) is 109 cm³/mol. The molecule has 0 aromatic rings. The van der Waals surface area contributed by atoms with Crippen LogP contribution in [0.25, 0.3) is 0 Å². The lowest BCUT2D eigenvalue weighted by atomic mass is 10.1. The molecule has 0 radical (unpaired) electrons. The molecule has 0 aliphatic carbocycles. The Balaban J connectivity index is 0.00000576. The van der Waals surface area contributed by atoms with Crippen LogP contribution >= 0.6 is 24.0 Å². The molecule has 1 amide bonds. The molecule has 1 aliphatic heterocycles. The van der Waals surface area contributed by atoms with Crippen molar-refractivity contribution < 1.29 is 19.0 Å². The Morgan fingerprint density at radius 1 is 1.20 bits per heavy atom. The zero-order valence-electron chi connectivity index (χ0n) is 15.6. The van der Waals surface area contributed by atoms with Crippen molar-refractivity contribution in [2.75, 3.05) is 73.4 Å². The number of guanidine groups is 1. The van der Waals surface area contributed by atoms with Crippen molar-refractivity contribution in [3.63, 3.8) is 0 Å². The van der Waals surface area contributed by atoms with E-state index in [1.165, 1.54) is 0 Å². The van der Waals surface area contributed by atoms with Crippen LogP contribution in [0.4, 0.5) is 0 Å². The quantitative estimate of drug-likeness (QED) is 0.195. The van der Waals surface area contributed by atoms with E-state index in [9.17, 15) is 4.79 Å². The van der Waals surface area contributed by atoms with Gasteiger partial charge in [0, 0.05) is 46.3 Å². The molecule has 0 bridgehead atoms. The highest BCUT2D eigenvalue weighted by molar-refractivity contribution is 14.0. The van der Waals surface area contributed by atoms with Crippen molar-refractivity contribution >= 4 is 35.8 Å². The minimum Gasteiger partial charge on any atom is -0.383 e. The third kappa shape index (κ3) is 10.8. The molecule has 2 N–H and O–H groups in total. The second kappa shape index (κ2) is 15.6. The maximum absolute atomic E-state index is 11.8. The van der Waals surface area contributed by atoms with Crippen LogP contribution in [0.15, 0.2) is 4.99 Å². The predicted octanol–water partition coefficient (Wildman–Crippen LogP) is 0.317. The van der Waals surface area contributed by atoms with E-state index in [1.807, 2.05) is 6.92 Å². The summed E-state index contributed by atoms with van der Waals surface area (Å²) in [7, 11) is 3.28. The molecule has 0 aromatic carbocycles. The summed E-state index contributed by atoms with van der Waals surface area (Å²) in [6, 6.07) is 0. The van der Waals surface area contributed by atoms with Crippen LogP contribution in [-0.4, -0.2) is 90.1 Å². The summed E-state index contributed by atoms with van der Waals surface area (Å²) >= 11 is 0. The van der Waals surface area contributed by atoms with Gasteiger partial charge in [-0.15, -0.1) is 24.0 Å². The molecule has 148 valence electrons. The molecule has 9 heteroatoms. The van der Waals surface area contributed by atoms with Gasteiger partial charge in [0.15, 0.2) is 5.96 Å². The van der Waals surface area contributed by atoms with Crippen LogP contribution in [0, 0.1) is 5.92 Å². The van der Waals surface area contributed by atoms with E-state index in [2.05, 4.69) is 20.5 Å². The maximum atomic E-state index is 11.8. The van der Waals surface area contributed by atoms with Gasteiger partial charge in [-0.3, -0.25) is 4.79 Å². The third-order valence-electron chi connectivity index (χ3n) is 3.71. The van der Waals surface area contributed by atoms with Crippen molar-refractivity contribution in [2.24, 2.45) is 10.9 Å². The van der Waals surface area contributed by atoms with Crippen LogP contribution in [0.2, 0.25) is 0 Å². The Morgan fingerprint density at radius 3 is 2.64 bits per heavy atom. The zero-order chi connectivity index (χ0) is 17.6. The normalized spacial score (nSPS) is 17.3. The molecule has 8 nitrogen and oxygen atoms in total. The number of amides is 1. The van der Waals surface area contributed by atoms with E-state index in [1.54, 1.807) is 14.2 Å². The molecule has 1 aliphatic rings. The number of carbonyl (C=O) groups excluding carboxylic acids is 1. The number of methoxy groups -OCH3 is 2. The van der Waals surface area contributed by atoms with Crippen molar-refractivity contribution in [3.05, 3.63) is 0 Å². The van der Waals surface area contributed by atoms with Crippen LogP contribution < -0.4 is 10.6 Å². The lowest BCUT2D eigenvalue weighted by Gasteiger charge is -2.21. The molecule has 1 saturated heterocycles. The number of hydrogen-bond acceptors (Lipinski definition) is 5. The maximum Gasteiger partial charge on any atom is 0.241 e. The standard InChI is InChI=1S/C16H32N4O4.HI/c1-4-17-16(19-11-15(21)18-6-8-22-2)20-7-5-14(12-20)13-24-10-9-23-3;/h14H,4-13H2,1-3H3,(H,17,19)(H,18,21);1H. The lowest BCUT2D eigenvalue weighted by molar-refractivity contribution is -0.119. The molecule has 1 unspecified atom stereocenters. The number of hydrogen-bond donors (Lipinski definition) is 2. The fourth-order valence-corrected chi connectivity index (χ4v) is 2.47. The van der Waals surface area contributed by atoms with Gasteiger partial charge >= 0.3 is 0 Å². The molecular formula is C16H33IN4O4. The molecular weight excluding hydrogens is 439 g/mol. The first-order valence-corrected chi connectivity index (χ1v) is 8.56.